The van der Waals surface area contributed by atoms with Crippen molar-refractivity contribution in [3.63, 3.8) is 0 Å². The summed E-state index contributed by atoms with van der Waals surface area (Å²) in [4.78, 5) is 2.37. The van der Waals surface area contributed by atoms with Gasteiger partial charge in [-0.3, -0.25) is 4.90 Å². The van der Waals surface area contributed by atoms with E-state index in [0.29, 0.717) is 6.54 Å². The Bertz CT molecular complexity index is 569. The molecule has 0 aliphatic rings. The molecule has 2 N–H and O–H groups in total. The van der Waals surface area contributed by atoms with E-state index >= 15 is 0 Å². The van der Waals surface area contributed by atoms with Crippen molar-refractivity contribution in [1.29, 1.82) is 0 Å². The van der Waals surface area contributed by atoms with Gasteiger partial charge in [0, 0.05) is 19.1 Å². The van der Waals surface area contributed by atoms with Crippen LogP contribution in [0.25, 0.3) is 10.8 Å². The second-order valence-corrected chi connectivity index (χ2v) is 6.83. The van der Waals surface area contributed by atoms with Crippen LogP contribution in [0.2, 0.25) is 0 Å². The number of rotatable bonds is 4. The smallest absolute Gasteiger partial charge is 0.0467 e. The first-order valence-electron chi connectivity index (χ1n) is 7.30. The number of likely N-dealkylation sites (N-methyl/N-ethyl adjacent to an activating group) is 1. The second-order valence-electron chi connectivity index (χ2n) is 6.83. The number of benzene rings is 2. The lowest BCUT2D eigenvalue weighted by Gasteiger charge is -2.33. The molecule has 1 atom stereocenters. The van der Waals surface area contributed by atoms with Crippen LogP contribution in [0.5, 0.6) is 0 Å². The summed E-state index contributed by atoms with van der Waals surface area (Å²) in [6, 6.07) is 15.4. The molecule has 0 aliphatic carbocycles. The fourth-order valence-electron chi connectivity index (χ4n) is 2.84. The zero-order valence-electron chi connectivity index (χ0n) is 13.1. The SMILES string of the molecule is CN(CC(C)(C)C)C(CN)c1ccc2ccccc2c1. The van der Waals surface area contributed by atoms with Gasteiger partial charge in [0.05, 0.1) is 0 Å². The maximum absolute atomic E-state index is 6.03. The molecule has 2 aromatic rings. The minimum absolute atomic E-state index is 0.277. The maximum atomic E-state index is 6.03. The lowest BCUT2D eigenvalue weighted by Crippen LogP contribution is -2.36. The molecule has 0 aromatic heterocycles. The van der Waals surface area contributed by atoms with Crippen LogP contribution < -0.4 is 5.73 Å². The molecule has 0 radical (unpaired) electrons. The van der Waals surface area contributed by atoms with Crippen LogP contribution in [0.3, 0.4) is 0 Å². The van der Waals surface area contributed by atoms with Crippen molar-refractivity contribution in [3.05, 3.63) is 48.0 Å². The van der Waals surface area contributed by atoms with Gasteiger partial charge in [-0.05, 0) is 34.9 Å². The fraction of sp³-hybridized carbons (Fsp3) is 0.444. The van der Waals surface area contributed by atoms with Gasteiger partial charge in [-0.15, -0.1) is 0 Å². The monoisotopic (exact) mass is 270 g/mol. The number of nitrogens with two attached hydrogens (primary N) is 1. The number of nitrogens with zero attached hydrogens (tertiary/aromatic N) is 1. The van der Waals surface area contributed by atoms with Crippen LogP contribution in [-0.4, -0.2) is 25.0 Å². The minimum atomic E-state index is 0.277. The Morgan fingerprint density at radius 3 is 2.30 bits per heavy atom. The third-order valence-corrected chi connectivity index (χ3v) is 3.64. The molecule has 0 saturated heterocycles. The van der Waals surface area contributed by atoms with Crippen molar-refractivity contribution in [1.82, 2.24) is 4.90 Å². The Morgan fingerprint density at radius 1 is 1.05 bits per heavy atom. The van der Waals surface area contributed by atoms with E-state index in [9.17, 15) is 0 Å². The highest BCUT2D eigenvalue weighted by Crippen LogP contribution is 2.26. The third kappa shape index (κ3) is 3.59. The highest BCUT2D eigenvalue weighted by atomic mass is 15.1. The highest BCUT2D eigenvalue weighted by Gasteiger charge is 2.21. The molecular formula is C18H26N2. The molecule has 2 aromatic carbocycles. The van der Waals surface area contributed by atoms with E-state index in [1.165, 1.54) is 16.3 Å². The molecule has 2 heteroatoms. The predicted octanol–water partition coefficient (Wildman–Crippen LogP) is 3.82. The lowest BCUT2D eigenvalue weighted by atomic mass is 9.94. The average molecular weight is 270 g/mol. The Balaban J connectivity index is 2.29. The Kier molecular flexibility index (Phi) is 4.46. The van der Waals surface area contributed by atoms with E-state index in [2.05, 4.69) is 75.2 Å². The third-order valence-electron chi connectivity index (χ3n) is 3.64. The van der Waals surface area contributed by atoms with E-state index in [1.54, 1.807) is 0 Å². The topological polar surface area (TPSA) is 29.3 Å². The quantitative estimate of drug-likeness (QED) is 0.915. The molecule has 0 bridgehead atoms. The number of hydrogen-bond acceptors (Lipinski definition) is 2. The zero-order valence-corrected chi connectivity index (χ0v) is 13.1. The van der Waals surface area contributed by atoms with Crippen LogP contribution in [-0.2, 0) is 0 Å². The molecule has 2 nitrogen and oxygen atoms in total. The van der Waals surface area contributed by atoms with Crippen molar-refractivity contribution in [2.75, 3.05) is 20.1 Å². The minimum Gasteiger partial charge on any atom is -0.329 e. The van der Waals surface area contributed by atoms with E-state index in [4.69, 9.17) is 5.73 Å². The lowest BCUT2D eigenvalue weighted by molar-refractivity contribution is 0.176. The molecule has 0 spiro atoms. The van der Waals surface area contributed by atoms with Crippen LogP contribution in [0, 0.1) is 5.41 Å². The van der Waals surface area contributed by atoms with Gasteiger partial charge in [-0.2, -0.15) is 0 Å². The van der Waals surface area contributed by atoms with Crippen LogP contribution in [0.1, 0.15) is 32.4 Å². The molecule has 108 valence electrons. The van der Waals surface area contributed by atoms with Crippen LogP contribution in [0.4, 0.5) is 0 Å². The molecular weight excluding hydrogens is 244 g/mol. The van der Waals surface area contributed by atoms with E-state index < -0.39 is 0 Å². The van der Waals surface area contributed by atoms with E-state index in [1.807, 2.05) is 0 Å². The molecule has 1 unspecified atom stereocenters. The summed E-state index contributed by atoms with van der Waals surface area (Å²) in [6.07, 6.45) is 0. The summed E-state index contributed by atoms with van der Waals surface area (Å²) in [6.45, 7) is 8.46. The van der Waals surface area contributed by atoms with Gasteiger partial charge in [-0.25, -0.2) is 0 Å². The summed E-state index contributed by atoms with van der Waals surface area (Å²) >= 11 is 0. The summed E-state index contributed by atoms with van der Waals surface area (Å²) < 4.78 is 0. The Morgan fingerprint density at radius 2 is 1.70 bits per heavy atom. The maximum Gasteiger partial charge on any atom is 0.0467 e. The molecule has 0 aliphatic heterocycles. The van der Waals surface area contributed by atoms with Crippen LogP contribution in [0.15, 0.2) is 42.5 Å². The summed E-state index contributed by atoms with van der Waals surface area (Å²) in [5, 5.41) is 2.57. The van der Waals surface area contributed by atoms with Crippen molar-refractivity contribution >= 4 is 10.8 Å². The standard InChI is InChI=1S/C18H26N2/c1-18(2,3)13-20(4)17(12-19)16-10-9-14-7-5-6-8-15(14)11-16/h5-11,17H,12-13,19H2,1-4H3. The van der Waals surface area contributed by atoms with Gasteiger partial charge in [0.2, 0.25) is 0 Å². The van der Waals surface area contributed by atoms with Crippen molar-refractivity contribution < 1.29 is 0 Å². The van der Waals surface area contributed by atoms with Gasteiger partial charge >= 0.3 is 0 Å². The molecule has 0 saturated carbocycles. The van der Waals surface area contributed by atoms with Gasteiger partial charge in [-0.1, -0.05) is 57.2 Å². The zero-order chi connectivity index (χ0) is 14.8. The Hall–Kier alpha value is -1.38. The summed E-state index contributed by atoms with van der Waals surface area (Å²) in [5.41, 5.74) is 7.61. The number of hydrogen-bond donors (Lipinski definition) is 1. The normalized spacial score (nSPS) is 13.9. The van der Waals surface area contributed by atoms with Gasteiger partial charge < -0.3 is 5.73 Å². The fourth-order valence-corrected chi connectivity index (χ4v) is 2.84. The first-order valence-corrected chi connectivity index (χ1v) is 7.30. The Labute approximate surface area is 122 Å². The summed E-state index contributed by atoms with van der Waals surface area (Å²) in [7, 11) is 2.16. The molecule has 0 fully saturated rings. The van der Waals surface area contributed by atoms with E-state index in [0.717, 1.165) is 6.54 Å². The second kappa shape index (κ2) is 5.94. The van der Waals surface area contributed by atoms with Crippen LogP contribution >= 0.6 is 0 Å². The number of fused-ring (bicyclic) bond motifs is 1. The van der Waals surface area contributed by atoms with E-state index in [-0.39, 0.29) is 11.5 Å². The first kappa shape index (κ1) is 15.0. The van der Waals surface area contributed by atoms with Gasteiger partial charge in [0.25, 0.3) is 0 Å². The van der Waals surface area contributed by atoms with Crippen molar-refractivity contribution in [2.24, 2.45) is 11.1 Å². The highest BCUT2D eigenvalue weighted by molar-refractivity contribution is 5.83. The molecule has 0 amide bonds. The molecule has 0 heterocycles. The van der Waals surface area contributed by atoms with Gasteiger partial charge in [0.15, 0.2) is 0 Å². The van der Waals surface area contributed by atoms with Crippen molar-refractivity contribution in [3.8, 4) is 0 Å². The van der Waals surface area contributed by atoms with Crippen molar-refractivity contribution in [2.45, 2.75) is 26.8 Å². The summed E-state index contributed by atoms with van der Waals surface area (Å²) in [5.74, 6) is 0. The largest absolute Gasteiger partial charge is 0.329 e. The average Bonchev–Trinajstić information content (AvgIpc) is 2.37. The predicted molar refractivity (Wildman–Crippen MR) is 87.8 cm³/mol. The molecule has 2 rings (SSSR count). The first-order chi connectivity index (χ1) is 9.40. The van der Waals surface area contributed by atoms with Gasteiger partial charge in [0.1, 0.15) is 0 Å². The molecule has 20 heavy (non-hydrogen) atoms.